The molecule has 0 rings (SSSR count). The minimum Gasteiger partial charge on any atom is -0.480 e. The van der Waals surface area contributed by atoms with Gasteiger partial charge in [0.2, 0.25) is 0 Å². The highest BCUT2D eigenvalue weighted by atomic mass is 16.5. The van der Waals surface area contributed by atoms with Crippen molar-refractivity contribution in [2.75, 3.05) is 33.4 Å². The predicted octanol–water partition coefficient (Wildman–Crippen LogP) is 1.51. The second kappa shape index (κ2) is 8.74. The molecule has 0 fully saturated rings. The second-order valence-corrected chi connectivity index (χ2v) is 5.04. The number of amides is 2. The van der Waals surface area contributed by atoms with Crippen LogP contribution in [0.4, 0.5) is 4.79 Å². The first-order valence-corrected chi connectivity index (χ1v) is 6.59. The minimum absolute atomic E-state index is 0.0778. The van der Waals surface area contributed by atoms with Crippen LogP contribution in [-0.4, -0.2) is 66.3 Å². The van der Waals surface area contributed by atoms with Crippen molar-refractivity contribution >= 4 is 12.0 Å². The van der Waals surface area contributed by atoms with Gasteiger partial charge in [-0.25, -0.2) is 4.79 Å². The number of aliphatic carboxylic acids is 1. The summed E-state index contributed by atoms with van der Waals surface area (Å²) in [5.74, 6) is -0.774. The summed E-state index contributed by atoms with van der Waals surface area (Å²) >= 11 is 0. The molecule has 1 N–H and O–H groups in total. The Morgan fingerprint density at radius 3 is 2.21 bits per heavy atom. The van der Waals surface area contributed by atoms with Gasteiger partial charge in [0, 0.05) is 20.2 Å². The van der Waals surface area contributed by atoms with E-state index in [0.717, 1.165) is 0 Å². The molecule has 6 heteroatoms. The molecule has 0 heterocycles. The molecule has 0 aliphatic carbocycles. The van der Waals surface area contributed by atoms with Gasteiger partial charge in [0.25, 0.3) is 0 Å². The summed E-state index contributed by atoms with van der Waals surface area (Å²) in [7, 11) is 1.58. The van der Waals surface area contributed by atoms with Crippen molar-refractivity contribution in [2.24, 2.45) is 5.92 Å². The topological polar surface area (TPSA) is 70.1 Å². The van der Waals surface area contributed by atoms with Crippen LogP contribution in [0.5, 0.6) is 0 Å². The second-order valence-electron chi connectivity index (χ2n) is 5.04. The van der Waals surface area contributed by atoms with Crippen LogP contribution in [0.15, 0.2) is 0 Å². The first-order valence-electron chi connectivity index (χ1n) is 6.59. The van der Waals surface area contributed by atoms with Crippen LogP contribution < -0.4 is 0 Å². The van der Waals surface area contributed by atoms with Gasteiger partial charge in [-0.15, -0.1) is 0 Å². The third kappa shape index (κ3) is 6.42. The number of urea groups is 1. The fraction of sp³-hybridized carbons (Fsp3) is 0.846. The Hall–Kier alpha value is -1.30. The van der Waals surface area contributed by atoms with E-state index in [1.54, 1.807) is 12.0 Å². The van der Waals surface area contributed by atoms with Gasteiger partial charge in [0.05, 0.1) is 12.6 Å². The predicted molar refractivity (Wildman–Crippen MR) is 73.2 cm³/mol. The summed E-state index contributed by atoms with van der Waals surface area (Å²) in [6.45, 7) is 8.79. The molecule has 0 aliphatic heterocycles. The number of hydrogen-bond acceptors (Lipinski definition) is 3. The molecule has 0 spiro atoms. The highest BCUT2D eigenvalue weighted by Crippen LogP contribution is 2.08. The fourth-order valence-corrected chi connectivity index (χ4v) is 1.96. The summed E-state index contributed by atoms with van der Waals surface area (Å²) in [5.41, 5.74) is 0. The van der Waals surface area contributed by atoms with Gasteiger partial charge < -0.3 is 19.6 Å². The zero-order valence-corrected chi connectivity index (χ0v) is 12.5. The van der Waals surface area contributed by atoms with Crippen molar-refractivity contribution in [1.82, 2.24) is 9.80 Å². The van der Waals surface area contributed by atoms with E-state index in [9.17, 15) is 9.59 Å². The highest BCUT2D eigenvalue weighted by molar-refractivity contribution is 5.80. The van der Waals surface area contributed by atoms with Gasteiger partial charge in [-0.2, -0.15) is 0 Å². The number of carbonyl (C=O) groups excluding carboxylic acids is 1. The van der Waals surface area contributed by atoms with E-state index >= 15 is 0 Å². The van der Waals surface area contributed by atoms with E-state index < -0.39 is 5.97 Å². The highest BCUT2D eigenvalue weighted by Gasteiger charge is 2.25. The molecule has 112 valence electrons. The lowest BCUT2D eigenvalue weighted by Gasteiger charge is -2.33. The smallest absolute Gasteiger partial charge is 0.323 e. The van der Waals surface area contributed by atoms with Crippen LogP contribution in [0.1, 0.15) is 27.7 Å². The molecule has 0 aliphatic rings. The van der Waals surface area contributed by atoms with Crippen molar-refractivity contribution in [2.45, 2.75) is 33.7 Å². The molecule has 0 aromatic heterocycles. The third-order valence-corrected chi connectivity index (χ3v) is 2.71. The third-order valence-electron chi connectivity index (χ3n) is 2.71. The van der Waals surface area contributed by atoms with Crippen LogP contribution in [0.2, 0.25) is 0 Å². The lowest BCUT2D eigenvalue weighted by molar-refractivity contribution is -0.137. The van der Waals surface area contributed by atoms with Crippen molar-refractivity contribution < 1.29 is 19.4 Å². The summed E-state index contributed by atoms with van der Waals surface area (Å²) in [4.78, 5) is 26.3. The molecular formula is C13H26N2O4. The van der Waals surface area contributed by atoms with Gasteiger partial charge in [0.15, 0.2) is 0 Å². The average molecular weight is 274 g/mol. The maximum atomic E-state index is 12.4. The summed E-state index contributed by atoms with van der Waals surface area (Å²) in [5, 5.41) is 8.91. The quantitative estimate of drug-likeness (QED) is 0.728. The largest absolute Gasteiger partial charge is 0.480 e. The molecule has 2 amide bonds. The van der Waals surface area contributed by atoms with Crippen LogP contribution in [0, 0.1) is 5.92 Å². The van der Waals surface area contributed by atoms with Gasteiger partial charge in [-0.1, -0.05) is 13.8 Å². The Morgan fingerprint density at radius 1 is 1.26 bits per heavy atom. The maximum absolute atomic E-state index is 12.4. The number of carboxylic acids is 1. The van der Waals surface area contributed by atoms with Gasteiger partial charge in [-0.05, 0) is 19.8 Å². The Kier molecular flexibility index (Phi) is 8.14. The number of carbonyl (C=O) groups is 2. The van der Waals surface area contributed by atoms with Crippen molar-refractivity contribution in [3.05, 3.63) is 0 Å². The monoisotopic (exact) mass is 274 g/mol. The SMILES string of the molecule is CCN(C(=O)N(CC(=O)O)CC(C)C)C(C)COC. The molecule has 1 unspecified atom stereocenters. The number of rotatable bonds is 8. The van der Waals surface area contributed by atoms with E-state index in [1.165, 1.54) is 4.90 Å². The first-order chi connectivity index (χ1) is 8.83. The summed E-state index contributed by atoms with van der Waals surface area (Å²) in [6.07, 6.45) is 0. The molecule has 0 saturated heterocycles. The van der Waals surface area contributed by atoms with Crippen LogP contribution >= 0.6 is 0 Å². The Bertz CT molecular complexity index is 294. The Labute approximate surface area is 115 Å². The number of carboxylic acid groups (broad SMARTS) is 1. The summed E-state index contributed by atoms with van der Waals surface area (Å²) in [6, 6.07) is -0.325. The maximum Gasteiger partial charge on any atom is 0.323 e. The normalized spacial score (nSPS) is 12.3. The zero-order chi connectivity index (χ0) is 15.0. The van der Waals surface area contributed by atoms with Gasteiger partial charge >= 0.3 is 12.0 Å². The zero-order valence-electron chi connectivity index (χ0n) is 12.5. The van der Waals surface area contributed by atoms with Gasteiger partial charge in [-0.3, -0.25) is 4.79 Å². The average Bonchev–Trinajstić information content (AvgIpc) is 2.28. The molecule has 0 radical (unpaired) electrons. The molecule has 1 atom stereocenters. The van der Waals surface area contributed by atoms with E-state index in [0.29, 0.717) is 19.7 Å². The number of nitrogens with zero attached hydrogens (tertiary/aromatic N) is 2. The Balaban J connectivity index is 4.86. The van der Waals surface area contributed by atoms with Crippen LogP contribution in [-0.2, 0) is 9.53 Å². The standard InChI is InChI=1S/C13H26N2O4/c1-6-15(11(4)9-19-5)13(18)14(7-10(2)3)8-12(16)17/h10-11H,6-9H2,1-5H3,(H,16,17). The van der Waals surface area contributed by atoms with Crippen LogP contribution in [0.25, 0.3) is 0 Å². The first kappa shape index (κ1) is 17.7. The van der Waals surface area contributed by atoms with Crippen molar-refractivity contribution in [3.63, 3.8) is 0 Å². The number of likely N-dealkylation sites (N-methyl/N-ethyl adjacent to an activating group) is 1. The molecule has 0 aromatic rings. The molecular weight excluding hydrogens is 248 g/mol. The lowest BCUT2D eigenvalue weighted by atomic mass is 10.2. The molecule has 19 heavy (non-hydrogen) atoms. The van der Waals surface area contributed by atoms with Crippen molar-refractivity contribution in [3.8, 4) is 0 Å². The molecule has 0 bridgehead atoms. The number of methoxy groups -OCH3 is 1. The van der Waals surface area contributed by atoms with Gasteiger partial charge in [0.1, 0.15) is 6.54 Å². The molecule has 6 nitrogen and oxygen atoms in total. The molecule has 0 aromatic carbocycles. The number of ether oxygens (including phenoxy) is 1. The van der Waals surface area contributed by atoms with E-state index in [2.05, 4.69) is 0 Å². The van der Waals surface area contributed by atoms with E-state index in [1.807, 2.05) is 27.7 Å². The van der Waals surface area contributed by atoms with Crippen molar-refractivity contribution in [1.29, 1.82) is 0 Å². The minimum atomic E-state index is -0.996. The Morgan fingerprint density at radius 2 is 1.84 bits per heavy atom. The number of hydrogen-bond donors (Lipinski definition) is 1. The fourth-order valence-electron chi connectivity index (χ4n) is 1.96. The van der Waals surface area contributed by atoms with Crippen LogP contribution in [0.3, 0.4) is 0 Å². The molecule has 0 saturated carbocycles. The summed E-state index contributed by atoms with van der Waals surface area (Å²) < 4.78 is 5.05. The van der Waals surface area contributed by atoms with E-state index in [-0.39, 0.29) is 24.5 Å². The van der Waals surface area contributed by atoms with E-state index in [4.69, 9.17) is 9.84 Å². The lowest BCUT2D eigenvalue weighted by Crippen LogP contribution is -2.50.